The summed E-state index contributed by atoms with van der Waals surface area (Å²) in [6.45, 7) is 2.46. The Hall–Kier alpha value is -2.13. The summed E-state index contributed by atoms with van der Waals surface area (Å²) in [5.41, 5.74) is -0.339. The van der Waals surface area contributed by atoms with Crippen molar-refractivity contribution in [3.05, 3.63) is 30.1 Å². The molecule has 0 aromatic heterocycles. The average Bonchev–Trinajstić information content (AvgIpc) is 2.61. The summed E-state index contributed by atoms with van der Waals surface area (Å²) in [5, 5.41) is 14.1. The SMILES string of the molecule is CC(SCC(=O)Nc1ccc(F)cc1)C(=O)NC1(CC(=O)O)CCOCC1. The number of hydrogen-bond acceptors (Lipinski definition) is 5. The molecule has 1 aromatic carbocycles. The highest BCUT2D eigenvalue weighted by Crippen LogP contribution is 2.26. The van der Waals surface area contributed by atoms with Gasteiger partial charge in [0.25, 0.3) is 0 Å². The Labute approximate surface area is 161 Å². The van der Waals surface area contributed by atoms with Crippen molar-refractivity contribution < 1.29 is 28.6 Å². The molecule has 1 aliphatic rings. The molecule has 1 aromatic rings. The number of benzene rings is 1. The molecular weight excluding hydrogens is 375 g/mol. The summed E-state index contributed by atoms with van der Waals surface area (Å²) in [6, 6.07) is 5.40. The van der Waals surface area contributed by atoms with Crippen molar-refractivity contribution in [3.8, 4) is 0 Å². The number of nitrogens with one attached hydrogen (secondary N) is 2. The fraction of sp³-hybridized carbons (Fsp3) is 0.500. The second kappa shape index (κ2) is 9.70. The molecule has 1 aliphatic heterocycles. The molecule has 27 heavy (non-hydrogen) atoms. The van der Waals surface area contributed by atoms with Gasteiger partial charge in [-0.05, 0) is 44.0 Å². The quantitative estimate of drug-likeness (QED) is 0.619. The molecule has 2 amide bonds. The highest BCUT2D eigenvalue weighted by atomic mass is 32.2. The summed E-state index contributed by atoms with van der Waals surface area (Å²) in [5.74, 6) is -1.94. The first-order valence-electron chi connectivity index (χ1n) is 8.58. The third-order valence-electron chi connectivity index (χ3n) is 4.29. The molecule has 0 radical (unpaired) electrons. The van der Waals surface area contributed by atoms with E-state index in [1.807, 2.05) is 0 Å². The maximum atomic E-state index is 12.9. The van der Waals surface area contributed by atoms with E-state index in [4.69, 9.17) is 9.84 Å². The van der Waals surface area contributed by atoms with Crippen LogP contribution in [-0.2, 0) is 19.1 Å². The van der Waals surface area contributed by atoms with E-state index in [-0.39, 0.29) is 24.0 Å². The van der Waals surface area contributed by atoms with Crippen LogP contribution >= 0.6 is 11.8 Å². The normalized spacial score (nSPS) is 17.0. The molecule has 2 rings (SSSR count). The number of ether oxygens (including phenoxy) is 1. The van der Waals surface area contributed by atoms with Gasteiger partial charge in [-0.15, -0.1) is 11.8 Å². The van der Waals surface area contributed by atoms with Crippen LogP contribution in [-0.4, -0.2) is 52.6 Å². The van der Waals surface area contributed by atoms with Crippen LogP contribution in [0.25, 0.3) is 0 Å². The Balaban J connectivity index is 1.83. The Kier molecular flexibility index (Phi) is 7.61. The van der Waals surface area contributed by atoms with E-state index in [0.717, 1.165) is 11.8 Å². The van der Waals surface area contributed by atoms with E-state index in [2.05, 4.69) is 10.6 Å². The van der Waals surface area contributed by atoms with Crippen LogP contribution in [0.2, 0.25) is 0 Å². The molecule has 0 bridgehead atoms. The van der Waals surface area contributed by atoms with Gasteiger partial charge in [0.2, 0.25) is 11.8 Å². The van der Waals surface area contributed by atoms with E-state index in [1.165, 1.54) is 24.3 Å². The molecule has 3 N–H and O–H groups in total. The smallest absolute Gasteiger partial charge is 0.305 e. The van der Waals surface area contributed by atoms with Crippen LogP contribution in [0.5, 0.6) is 0 Å². The van der Waals surface area contributed by atoms with Crippen molar-refractivity contribution in [2.24, 2.45) is 0 Å². The van der Waals surface area contributed by atoms with Crippen LogP contribution in [0.15, 0.2) is 24.3 Å². The second-order valence-corrected chi connectivity index (χ2v) is 7.79. The number of halogens is 1. The van der Waals surface area contributed by atoms with Crippen molar-refractivity contribution in [2.75, 3.05) is 24.3 Å². The first-order valence-corrected chi connectivity index (χ1v) is 9.63. The summed E-state index contributed by atoms with van der Waals surface area (Å²) < 4.78 is 18.1. The van der Waals surface area contributed by atoms with E-state index >= 15 is 0 Å². The topological polar surface area (TPSA) is 105 Å². The fourth-order valence-electron chi connectivity index (χ4n) is 2.77. The van der Waals surface area contributed by atoms with Gasteiger partial charge in [0.15, 0.2) is 0 Å². The first kappa shape index (κ1) is 21.2. The summed E-state index contributed by atoms with van der Waals surface area (Å²) in [6.07, 6.45) is 0.714. The number of rotatable bonds is 8. The zero-order valence-corrected chi connectivity index (χ0v) is 15.8. The van der Waals surface area contributed by atoms with Crippen LogP contribution in [0.4, 0.5) is 10.1 Å². The molecule has 1 fully saturated rings. The van der Waals surface area contributed by atoms with E-state index in [0.29, 0.717) is 31.7 Å². The van der Waals surface area contributed by atoms with Crippen molar-refractivity contribution in [1.29, 1.82) is 0 Å². The number of carboxylic acid groups (broad SMARTS) is 1. The molecule has 9 heteroatoms. The molecule has 7 nitrogen and oxygen atoms in total. The predicted octanol–water partition coefficient (Wildman–Crippen LogP) is 2.03. The number of carbonyl (C=O) groups excluding carboxylic acids is 2. The maximum Gasteiger partial charge on any atom is 0.305 e. The molecule has 1 atom stereocenters. The highest BCUT2D eigenvalue weighted by Gasteiger charge is 2.37. The summed E-state index contributed by atoms with van der Waals surface area (Å²) in [7, 11) is 0. The maximum absolute atomic E-state index is 12.9. The van der Waals surface area contributed by atoms with Crippen LogP contribution < -0.4 is 10.6 Å². The van der Waals surface area contributed by atoms with Gasteiger partial charge < -0.3 is 20.5 Å². The van der Waals surface area contributed by atoms with Crippen LogP contribution in [0.1, 0.15) is 26.2 Å². The van der Waals surface area contributed by atoms with Gasteiger partial charge in [-0.3, -0.25) is 14.4 Å². The minimum absolute atomic E-state index is 0.0427. The lowest BCUT2D eigenvalue weighted by atomic mass is 9.86. The molecular formula is C18H23FN2O5S. The second-order valence-electron chi connectivity index (χ2n) is 6.46. The largest absolute Gasteiger partial charge is 0.481 e. The number of hydrogen-bond donors (Lipinski definition) is 3. The van der Waals surface area contributed by atoms with Gasteiger partial charge in [-0.2, -0.15) is 0 Å². The number of amides is 2. The van der Waals surface area contributed by atoms with Gasteiger partial charge in [0.05, 0.1) is 23.0 Å². The van der Waals surface area contributed by atoms with Crippen LogP contribution in [0.3, 0.4) is 0 Å². The molecule has 1 saturated heterocycles. The van der Waals surface area contributed by atoms with E-state index < -0.39 is 22.6 Å². The lowest BCUT2D eigenvalue weighted by Gasteiger charge is -2.37. The van der Waals surface area contributed by atoms with Gasteiger partial charge in [-0.1, -0.05) is 0 Å². The fourth-order valence-corrected chi connectivity index (χ4v) is 3.45. The van der Waals surface area contributed by atoms with Crippen molar-refractivity contribution in [2.45, 2.75) is 37.0 Å². The number of carboxylic acids is 1. The van der Waals surface area contributed by atoms with Gasteiger partial charge in [0, 0.05) is 18.9 Å². The lowest BCUT2D eigenvalue weighted by molar-refractivity contribution is -0.140. The summed E-state index contributed by atoms with van der Waals surface area (Å²) >= 11 is 1.14. The molecule has 1 heterocycles. The zero-order valence-electron chi connectivity index (χ0n) is 15.0. The van der Waals surface area contributed by atoms with Crippen LogP contribution in [0, 0.1) is 5.82 Å². The van der Waals surface area contributed by atoms with Gasteiger partial charge >= 0.3 is 5.97 Å². The Morgan fingerprint density at radius 1 is 1.26 bits per heavy atom. The van der Waals surface area contributed by atoms with Crippen molar-refractivity contribution in [3.63, 3.8) is 0 Å². The zero-order chi connectivity index (χ0) is 19.9. The lowest BCUT2D eigenvalue weighted by Crippen LogP contribution is -2.55. The predicted molar refractivity (Wildman–Crippen MR) is 100 cm³/mol. The molecule has 148 valence electrons. The molecule has 0 spiro atoms. The number of anilines is 1. The first-order chi connectivity index (χ1) is 12.8. The third kappa shape index (κ3) is 6.84. The number of thioether (sulfide) groups is 1. The number of carbonyl (C=O) groups is 3. The minimum atomic E-state index is -0.976. The minimum Gasteiger partial charge on any atom is -0.481 e. The highest BCUT2D eigenvalue weighted by molar-refractivity contribution is 8.01. The van der Waals surface area contributed by atoms with Crippen molar-refractivity contribution >= 4 is 35.2 Å². The average molecular weight is 398 g/mol. The molecule has 1 unspecified atom stereocenters. The standard InChI is InChI=1S/C18H23FN2O5S/c1-12(27-11-15(22)20-14-4-2-13(19)3-5-14)17(25)21-18(10-16(23)24)6-8-26-9-7-18/h2-5,12H,6-11H2,1H3,(H,20,22)(H,21,25)(H,23,24). The third-order valence-corrected chi connectivity index (χ3v) is 5.43. The molecule has 0 saturated carbocycles. The number of aliphatic carboxylic acids is 1. The summed E-state index contributed by atoms with van der Waals surface area (Å²) in [4.78, 5) is 35.6. The van der Waals surface area contributed by atoms with Gasteiger partial charge in [0.1, 0.15) is 5.82 Å². The monoisotopic (exact) mass is 398 g/mol. The van der Waals surface area contributed by atoms with Gasteiger partial charge in [-0.25, -0.2) is 4.39 Å². The van der Waals surface area contributed by atoms with E-state index in [1.54, 1.807) is 6.92 Å². The Bertz CT molecular complexity index is 677. The van der Waals surface area contributed by atoms with Crippen molar-refractivity contribution in [1.82, 2.24) is 5.32 Å². The Morgan fingerprint density at radius 2 is 1.89 bits per heavy atom. The molecule has 0 aliphatic carbocycles. The van der Waals surface area contributed by atoms with E-state index in [9.17, 15) is 18.8 Å². The Morgan fingerprint density at radius 3 is 2.48 bits per heavy atom.